The van der Waals surface area contributed by atoms with Gasteiger partial charge in [0.25, 0.3) is 0 Å². The molecule has 3 saturated carbocycles. The van der Waals surface area contributed by atoms with Gasteiger partial charge in [-0.1, -0.05) is 81.8 Å². The minimum absolute atomic E-state index is 0.0936. The van der Waals surface area contributed by atoms with Crippen molar-refractivity contribution in [3.05, 3.63) is 54.1 Å². The number of hydrogen-bond acceptors (Lipinski definition) is 3. The highest BCUT2D eigenvalue weighted by Gasteiger charge is 2.71. The summed E-state index contributed by atoms with van der Waals surface area (Å²) in [6.45, 7) is 13.6. The molecule has 168 valence electrons. The van der Waals surface area contributed by atoms with Crippen molar-refractivity contribution < 1.29 is 14.6 Å². The van der Waals surface area contributed by atoms with Crippen LogP contribution in [0, 0.1) is 27.6 Å². The lowest BCUT2D eigenvalue weighted by Gasteiger charge is -2.69. The molecule has 3 aliphatic carbocycles. The maximum atomic E-state index is 13.7. The van der Waals surface area contributed by atoms with Gasteiger partial charge in [-0.3, -0.25) is 4.79 Å². The molecule has 3 aliphatic rings. The summed E-state index contributed by atoms with van der Waals surface area (Å²) in [5, 5.41) is 11.3. The summed E-state index contributed by atoms with van der Waals surface area (Å²) in [5.74, 6) is 0.0767. The molecule has 0 aromatic heterocycles. The van der Waals surface area contributed by atoms with Gasteiger partial charge in [0.05, 0.1) is 18.1 Å². The second-order valence-electron chi connectivity index (χ2n) is 10.9. The Bertz CT molecular complexity index is 889. The van der Waals surface area contributed by atoms with E-state index in [4.69, 9.17) is 4.74 Å². The van der Waals surface area contributed by atoms with Crippen molar-refractivity contribution in [3.63, 3.8) is 0 Å². The minimum atomic E-state index is -0.666. The van der Waals surface area contributed by atoms with Gasteiger partial charge in [-0.05, 0) is 61.3 Å². The molecule has 1 aromatic rings. The molecule has 0 saturated heterocycles. The molecule has 3 nitrogen and oxygen atoms in total. The molecule has 0 aliphatic heterocycles. The summed E-state index contributed by atoms with van der Waals surface area (Å²) < 4.78 is 5.73. The Morgan fingerprint density at radius 1 is 1.19 bits per heavy atom. The van der Waals surface area contributed by atoms with E-state index in [1.165, 1.54) is 0 Å². The number of rotatable bonds is 4. The molecule has 3 fully saturated rings. The third kappa shape index (κ3) is 3.07. The van der Waals surface area contributed by atoms with E-state index < -0.39 is 16.9 Å². The third-order valence-corrected chi connectivity index (χ3v) is 9.39. The van der Waals surface area contributed by atoms with Crippen LogP contribution in [-0.2, 0) is 9.53 Å². The zero-order valence-electron chi connectivity index (χ0n) is 19.6. The zero-order valence-corrected chi connectivity index (χ0v) is 19.6. The molecule has 31 heavy (non-hydrogen) atoms. The molecule has 1 unspecified atom stereocenters. The summed E-state index contributed by atoms with van der Waals surface area (Å²) in [6.07, 6.45) is 9.28. The molecular weight excluding hydrogens is 384 g/mol. The van der Waals surface area contributed by atoms with Crippen molar-refractivity contribution in [3.8, 4) is 0 Å². The fourth-order valence-corrected chi connectivity index (χ4v) is 7.44. The standard InChI is InChI=1S/C28H38O3/c1-6-31-24(30)28-16-10-15-25(3,20(28)2)19-22-26(4,23(29)14-18-27(22,28)5)17-13-21-11-8-7-9-12-21/h7-9,11-13,17,22-23,29H,2,6,10,14-16,18-19H2,1,3-5H3/b17-13-/t22?,23-,25+,26-,27-,28+/m0/s1. The van der Waals surface area contributed by atoms with Crippen molar-refractivity contribution >= 4 is 12.0 Å². The number of aliphatic hydroxyl groups is 1. The van der Waals surface area contributed by atoms with Crippen LogP contribution < -0.4 is 0 Å². The van der Waals surface area contributed by atoms with Crippen molar-refractivity contribution in [2.45, 2.75) is 72.3 Å². The van der Waals surface area contributed by atoms with Crippen LogP contribution in [0.5, 0.6) is 0 Å². The second-order valence-corrected chi connectivity index (χ2v) is 10.9. The Morgan fingerprint density at radius 2 is 1.90 bits per heavy atom. The van der Waals surface area contributed by atoms with Gasteiger partial charge in [0.15, 0.2) is 0 Å². The molecule has 2 bridgehead atoms. The van der Waals surface area contributed by atoms with Crippen molar-refractivity contribution in [2.24, 2.45) is 27.6 Å². The number of benzene rings is 1. The van der Waals surface area contributed by atoms with Crippen LogP contribution in [0.15, 0.2) is 48.6 Å². The highest BCUT2D eigenvalue weighted by atomic mass is 16.5. The molecule has 1 aromatic carbocycles. The largest absolute Gasteiger partial charge is 0.465 e. The lowest BCUT2D eigenvalue weighted by molar-refractivity contribution is -0.202. The van der Waals surface area contributed by atoms with Gasteiger partial charge in [0.2, 0.25) is 0 Å². The van der Waals surface area contributed by atoms with Crippen LogP contribution >= 0.6 is 0 Å². The number of carbonyl (C=O) groups excluding carboxylic acids is 1. The Morgan fingerprint density at radius 3 is 2.58 bits per heavy atom. The smallest absolute Gasteiger partial charge is 0.316 e. The van der Waals surface area contributed by atoms with Crippen LogP contribution in [0.2, 0.25) is 0 Å². The quantitative estimate of drug-likeness (QED) is 0.465. The molecule has 0 heterocycles. The molecular formula is C28H38O3. The lowest BCUT2D eigenvalue weighted by atomic mass is 9.34. The number of carbonyl (C=O) groups is 1. The third-order valence-electron chi connectivity index (χ3n) is 9.39. The Balaban J connectivity index is 1.85. The summed E-state index contributed by atoms with van der Waals surface area (Å²) in [7, 11) is 0. The maximum absolute atomic E-state index is 13.7. The zero-order chi connectivity index (χ0) is 22.5. The van der Waals surface area contributed by atoms with Gasteiger partial charge in [-0.2, -0.15) is 0 Å². The normalized spacial score (nSPS) is 42.3. The van der Waals surface area contributed by atoms with Crippen LogP contribution in [0.1, 0.15) is 71.8 Å². The van der Waals surface area contributed by atoms with Crippen molar-refractivity contribution in [2.75, 3.05) is 6.61 Å². The van der Waals surface area contributed by atoms with Crippen LogP contribution in [0.3, 0.4) is 0 Å². The summed E-state index contributed by atoms with van der Waals surface area (Å²) in [5.41, 5.74) is 0.740. The lowest BCUT2D eigenvalue weighted by Crippen LogP contribution is -2.66. The van der Waals surface area contributed by atoms with Crippen molar-refractivity contribution in [1.82, 2.24) is 0 Å². The van der Waals surface area contributed by atoms with Gasteiger partial charge in [-0.15, -0.1) is 0 Å². The molecule has 0 spiro atoms. The van der Waals surface area contributed by atoms with E-state index in [0.717, 1.165) is 43.2 Å². The summed E-state index contributed by atoms with van der Waals surface area (Å²) >= 11 is 0. The predicted octanol–water partition coefficient (Wildman–Crippen LogP) is 6.18. The minimum Gasteiger partial charge on any atom is -0.465 e. The van der Waals surface area contributed by atoms with Crippen LogP contribution in [-0.4, -0.2) is 23.8 Å². The number of aliphatic hydroxyl groups excluding tert-OH is 1. The highest BCUT2D eigenvalue weighted by Crippen LogP contribution is 2.74. The van der Waals surface area contributed by atoms with E-state index in [1.807, 2.05) is 25.1 Å². The fraction of sp³-hybridized carbons (Fsp3) is 0.607. The second kappa shape index (κ2) is 7.62. The molecule has 3 heteroatoms. The van der Waals surface area contributed by atoms with E-state index >= 15 is 0 Å². The fourth-order valence-electron chi connectivity index (χ4n) is 7.44. The SMILES string of the molecule is C=C1[C@]2(C)CCC[C@@]1(C(=O)OCC)[C@@]1(C)CC[C@H](O)[C@@](C)(/C=C\c3ccccc3)C1C2. The number of ether oxygens (including phenoxy) is 1. The molecule has 6 atom stereocenters. The van der Waals surface area contributed by atoms with Gasteiger partial charge in [-0.25, -0.2) is 0 Å². The highest BCUT2D eigenvalue weighted by molar-refractivity contribution is 5.83. The monoisotopic (exact) mass is 422 g/mol. The van der Waals surface area contributed by atoms with Crippen molar-refractivity contribution in [1.29, 1.82) is 0 Å². The number of esters is 1. The average molecular weight is 423 g/mol. The topological polar surface area (TPSA) is 46.5 Å². The molecule has 4 rings (SSSR count). The van der Waals surface area contributed by atoms with E-state index in [1.54, 1.807) is 0 Å². The predicted molar refractivity (Wildman–Crippen MR) is 125 cm³/mol. The van der Waals surface area contributed by atoms with Gasteiger partial charge >= 0.3 is 5.97 Å². The van der Waals surface area contributed by atoms with E-state index in [2.05, 4.69) is 51.6 Å². The first-order valence-corrected chi connectivity index (χ1v) is 11.9. The first kappa shape index (κ1) is 22.3. The van der Waals surface area contributed by atoms with E-state index in [0.29, 0.717) is 13.0 Å². The first-order chi connectivity index (χ1) is 14.6. The molecule has 1 N–H and O–H groups in total. The van der Waals surface area contributed by atoms with E-state index in [9.17, 15) is 9.90 Å². The van der Waals surface area contributed by atoms with Gasteiger partial charge in [0.1, 0.15) is 0 Å². The molecule has 0 amide bonds. The number of hydrogen-bond donors (Lipinski definition) is 1. The first-order valence-electron chi connectivity index (χ1n) is 11.9. The van der Waals surface area contributed by atoms with Crippen LogP contribution in [0.4, 0.5) is 0 Å². The Hall–Kier alpha value is -1.87. The van der Waals surface area contributed by atoms with Crippen LogP contribution in [0.25, 0.3) is 6.08 Å². The Kier molecular flexibility index (Phi) is 5.49. The summed E-state index contributed by atoms with van der Waals surface area (Å²) in [6, 6.07) is 10.3. The van der Waals surface area contributed by atoms with Gasteiger partial charge < -0.3 is 9.84 Å². The van der Waals surface area contributed by atoms with E-state index in [-0.39, 0.29) is 22.7 Å². The average Bonchev–Trinajstić information content (AvgIpc) is 2.75. The van der Waals surface area contributed by atoms with Gasteiger partial charge in [0, 0.05) is 5.41 Å². The maximum Gasteiger partial charge on any atom is 0.316 e. The summed E-state index contributed by atoms with van der Waals surface area (Å²) in [4.78, 5) is 13.7. The Labute approximate surface area is 187 Å². The number of fused-ring (bicyclic) bond motifs is 4. The molecule has 0 radical (unpaired) electrons.